The van der Waals surface area contributed by atoms with Crippen LogP contribution in [-0.4, -0.2) is 18.2 Å². The van der Waals surface area contributed by atoms with Gasteiger partial charge in [-0.25, -0.2) is 4.79 Å². The number of hydrogen-bond acceptors (Lipinski definition) is 2. The first-order valence-corrected chi connectivity index (χ1v) is 7.01. The molecule has 0 aliphatic carbocycles. The molecule has 3 heteroatoms. The van der Waals surface area contributed by atoms with Crippen LogP contribution >= 0.6 is 0 Å². The van der Waals surface area contributed by atoms with Crippen molar-refractivity contribution in [2.75, 3.05) is 7.11 Å². The van der Waals surface area contributed by atoms with Gasteiger partial charge in [0.15, 0.2) is 0 Å². The number of aryl methyl sites for hydroxylation is 1. The van der Waals surface area contributed by atoms with Crippen LogP contribution in [0.25, 0.3) is 21.9 Å². The molecule has 0 bridgehead atoms. The molecule has 0 radical (unpaired) electrons. The maximum absolute atomic E-state index is 11.4. The van der Waals surface area contributed by atoms with E-state index in [-0.39, 0.29) is 0 Å². The summed E-state index contributed by atoms with van der Waals surface area (Å²) in [5, 5.41) is 11.1. The molecule has 22 heavy (non-hydrogen) atoms. The number of carboxylic acid groups (broad SMARTS) is 1. The van der Waals surface area contributed by atoms with Crippen LogP contribution in [0.1, 0.15) is 15.9 Å². The summed E-state index contributed by atoms with van der Waals surface area (Å²) in [7, 11) is 1.64. The Kier molecular flexibility index (Phi) is 3.55. The van der Waals surface area contributed by atoms with E-state index in [1.807, 2.05) is 61.5 Å². The van der Waals surface area contributed by atoms with Crippen molar-refractivity contribution in [2.24, 2.45) is 0 Å². The Balaban J connectivity index is 2.14. The molecule has 0 atom stereocenters. The molecule has 0 aliphatic heterocycles. The van der Waals surface area contributed by atoms with E-state index in [4.69, 9.17) is 4.74 Å². The second-order valence-corrected chi connectivity index (χ2v) is 5.23. The molecule has 110 valence electrons. The Labute approximate surface area is 128 Å². The summed E-state index contributed by atoms with van der Waals surface area (Å²) in [6.45, 7) is 1.82. The molecule has 3 nitrogen and oxygen atoms in total. The minimum atomic E-state index is -0.889. The average Bonchev–Trinajstić information content (AvgIpc) is 2.54. The van der Waals surface area contributed by atoms with E-state index in [1.54, 1.807) is 7.11 Å². The van der Waals surface area contributed by atoms with Gasteiger partial charge in [0, 0.05) is 0 Å². The lowest BCUT2D eigenvalue weighted by Gasteiger charge is -2.09. The van der Waals surface area contributed by atoms with E-state index in [0.29, 0.717) is 5.56 Å². The second kappa shape index (κ2) is 5.53. The minimum Gasteiger partial charge on any atom is -0.497 e. The largest absolute Gasteiger partial charge is 0.497 e. The maximum Gasteiger partial charge on any atom is 0.336 e. The summed E-state index contributed by atoms with van der Waals surface area (Å²) in [6.07, 6.45) is 0. The lowest BCUT2D eigenvalue weighted by molar-refractivity contribution is 0.0698. The summed E-state index contributed by atoms with van der Waals surface area (Å²) < 4.78 is 5.17. The van der Waals surface area contributed by atoms with Gasteiger partial charge < -0.3 is 9.84 Å². The van der Waals surface area contributed by atoms with E-state index < -0.39 is 5.97 Å². The van der Waals surface area contributed by atoms with E-state index in [9.17, 15) is 9.90 Å². The van der Waals surface area contributed by atoms with Gasteiger partial charge >= 0.3 is 5.97 Å². The van der Waals surface area contributed by atoms with Crippen LogP contribution in [0, 0.1) is 6.92 Å². The number of benzene rings is 3. The van der Waals surface area contributed by atoms with E-state index in [0.717, 1.165) is 33.2 Å². The monoisotopic (exact) mass is 292 g/mol. The molecule has 0 saturated heterocycles. The van der Waals surface area contributed by atoms with Gasteiger partial charge in [0.25, 0.3) is 0 Å². The quantitative estimate of drug-likeness (QED) is 0.772. The fourth-order valence-corrected chi connectivity index (χ4v) is 2.69. The Morgan fingerprint density at radius 1 is 0.955 bits per heavy atom. The molecule has 0 unspecified atom stereocenters. The molecule has 0 aliphatic rings. The number of carbonyl (C=O) groups is 1. The van der Waals surface area contributed by atoms with Crippen molar-refractivity contribution in [1.29, 1.82) is 0 Å². The molecule has 0 aromatic heterocycles. The van der Waals surface area contributed by atoms with Crippen LogP contribution in [0.15, 0.2) is 54.6 Å². The Morgan fingerprint density at radius 2 is 1.64 bits per heavy atom. The van der Waals surface area contributed by atoms with E-state index in [1.165, 1.54) is 0 Å². The highest BCUT2D eigenvalue weighted by molar-refractivity contribution is 6.05. The highest BCUT2D eigenvalue weighted by atomic mass is 16.5. The molecular formula is C19H16O3. The number of carboxylic acids is 1. The Hall–Kier alpha value is -2.81. The van der Waals surface area contributed by atoms with Gasteiger partial charge in [0.1, 0.15) is 5.75 Å². The molecule has 1 N–H and O–H groups in total. The molecule has 0 fully saturated rings. The zero-order chi connectivity index (χ0) is 15.7. The van der Waals surface area contributed by atoms with Crippen molar-refractivity contribution in [1.82, 2.24) is 0 Å². The number of aromatic carboxylic acids is 1. The molecule has 0 spiro atoms. The van der Waals surface area contributed by atoms with Crippen molar-refractivity contribution < 1.29 is 14.6 Å². The highest BCUT2D eigenvalue weighted by Gasteiger charge is 2.12. The zero-order valence-corrected chi connectivity index (χ0v) is 12.5. The van der Waals surface area contributed by atoms with Gasteiger partial charge in [-0.05, 0) is 52.6 Å². The number of methoxy groups -OCH3 is 1. The Bertz CT molecular complexity index is 848. The van der Waals surface area contributed by atoms with Crippen LogP contribution in [0.5, 0.6) is 5.75 Å². The zero-order valence-electron chi connectivity index (χ0n) is 12.5. The maximum atomic E-state index is 11.4. The first-order chi connectivity index (χ1) is 10.6. The topological polar surface area (TPSA) is 46.5 Å². The molecular weight excluding hydrogens is 276 g/mol. The van der Waals surface area contributed by atoms with Gasteiger partial charge in [-0.15, -0.1) is 0 Å². The van der Waals surface area contributed by atoms with Crippen molar-refractivity contribution >= 4 is 16.7 Å². The number of fused-ring (bicyclic) bond motifs is 1. The summed E-state index contributed by atoms with van der Waals surface area (Å²) in [6, 6.07) is 17.5. The highest BCUT2D eigenvalue weighted by Crippen LogP contribution is 2.29. The number of rotatable bonds is 3. The fourth-order valence-electron chi connectivity index (χ4n) is 2.69. The molecule has 0 amide bonds. The third-order valence-corrected chi connectivity index (χ3v) is 3.87. The summed E-state index contributed by atoms with van der Waals surface area (Å²) in [5.41, 5.74) is 3.27. The van der Waals surface area contributed by atoms with Gasteiger partial charge in [-0.3, -0.25) is 0 Å². The van der Waals surface area contributed by atoms with Crippen LogP contribution in [-0.2, 0) is 0 Å². The normalized spacial score (nSPS) is 10.6. The molecule has 3 aromatic carbocycles. The third-order valence-electron chi connectivity index (χ3n) is 3.87. The SMILES string of the molecule is COc1ccc(-c2ccc3c(C(=O)O)c(C)ccc3c2)cc1. The standard InChI is InChI=1S/C19H16O3/c1-12-3-4-15-11-14(7-10-17(15)18(12)19(20)21)13-5-8-16(22-2)9-6-13/h3-11H,1-2H3,(H,20,21). The number of ether oxygens (including phenoxy) is 1. The van der Waals surface area contributed by atoms with Crippen LogP contribution in [0.4, 0.5) is 0 Å². The lowest BCUT2D eigenvalue weighted by Crippen LogP contribution is -2.00. The first-order valence-electron chi connectivity index (χ1n) is 7.01. The van der Waals surface area contributed by atoms with Crippen molar-refractivity contribution in [3.8, 4) is 16.9 Å². The Morgan fingerprint density at radius 3 is 2.27 bits per heavy atom. The van der Waals surface area contributed by atoms with Crippen LogP contribution in [0.3, 0.4) is 0 Å². The van der Waals surface area contributed by atoms with Crippen molar-refractivity contribution in [3.63, 3.8) is 0 Å². The smallest absolute Gasteiger partial charge is 0.336 e. The van der Waals surface area contributed by atoms with Crippen LogP contribution in [0.2, 0.25) is 0 Å². The average molecular weight is 292 g/mol. The predicted molar refractivity (Wildman–Crippen MR) is 87.6 cm³/mol. The first kappa shape index (κ1) is 14.1. The van der Waals surface area contributed by atoms with Gasteiger partial charge in [0.2, 0.25) is 0 Å². The van der Waals surface area contributed by atoms with E-state index in [2.05, 4.69) is 0 Å². The third kappa shape index (κ3) is 2.42. The van der Waals surface area contributed by atoms with Crippen molar-refractivity contribution in [3.05, 3.63) is 65.7 Å². The molecule has 0 heterocycles. The summed E-state index contributed by atoms with van der Waals surface area (Å²) >= 11 is 0. The minimum absolute atomic E-state index is 0.374. The summed E-state index contributed by atoms with van der Waals surface area (Å²) in [5.74, 6) is -0.0753. The molecule has 3 aromatic rings. The van der Waals surface area contributed by atoms with Crippen LogP contribution < -0.4 is 4.74 Å². The molecule has 0 saturated carbocycles. The van der Waals surface area contributed by atoms with Gasteiger partial charge in [-0.2, -0.15) is 0 Å². The van der Waals surface area contributed by atoms with Crippen molar-refractivity contribution in [2.45, 2.75) is 6.92 Å². The fraction of sp³-hybridized carbons (Fsp3) is 0.105. The number of hydrogen-bond donors (Lipinski definition) is 1. The van der Waals surface area contributed by atoms with E-state index >= 15 is 0 Å². The molecule has 3 rings (SSSR count). The predicted octanol–water partition coefficient (Wildman–Crippen LogP) is 4.52. The van der Waals surface area contributed by atoms with Gasteiger partial charge in [-0.1, -0.05) is 36.4 Å². The van der Waals surface area contributed by atoms with Gasteiger partial charge in [0.05, 0.1) is 12.7 Å². The lowest BCUT2D eigenvalue weighted by atomic mass is 9.96. The second-order valence-electron chi connectivity index (χ2n) is 5.23. The summed E-state index contributed by atoms with van der Waals surface area (Å²) in [4.78, 5) is 11.4.